The molecule has 0 spiro atoms. The summed E-state index contributed by atoms with van der Waals surface area (Å²) in [5, 5.41) is 9.75. The van der Waals surface area contributed by atoms with Crippen molar-refractivity contribution in [3.05, 3.63) is 39.9 Å². The van der Waals surface area contributed by atoms with E-state index in [4.69, 9.17) is 4.74 Å². The van der Waals surface area contributed by atoms with Crippen molar-refractivity contribution in [1.82, 2.24) is 15.0 Å². The van der Waals surface area contributed by atoms with Crippen molar-refractivity contribution in [2.24, 2.45) is 0 Å². The van der Waals surface area contributed by atoms with Gasteiger partial charge in [0.1, 0.15) is 5.82 Å². The average molecular weight is 347 g/mol. The van der Waals surface area contributed by atoms with E-state index in [1.807, 2.05) is 26.0 Å². The summed E-state index contributed by atoms with van der Waals surface area (Å²) >= 11 is 2.84. The molecule has 1 amide bonds. The van der Waals surface area contributed by atoms with Gasteiger partial charge in [-0.15, -0.1) is 11.3 Å². The lowest BCUT2D eigenvalue weighted by Crippen LogP contribution is -2.17. The molecule has 0 atom stereocenters. The Bertz CT molecular complexity index is 816. The van der Waals surface area contributed by atoms with E-state index in [0.717, 1.165) is 15.7 Å². The van der Waals surface area contributed by atoms with Gasteiger partial charge in [-0.1, -0.05) is 11.3 Å². The van der Waals surface area contributed by atoms with Gasteiger partial charge in [-0.2, -0.15) is 0 Å². The predicted octanol–water partition coefficient (Wildman–Crippen LogP) is 3.97. The van der Waals surface area contributed by atoms with Crippen molar-refractivity contribution >= 4 is 45.3 Å². The molecule has 0 aliphatic heterocycles. The van der Waals surface area contributed by atoms with Crippen LogP contribution in [0.5, 0.6) is 5.88 Å². The lowest BCUT2D eigenvalue weighted by molar-refractivity contribution is 0.214. The first-order valence-corrected chi connectivity index (χ1v) is 8.35. The molecule has 23 heavy (non-hydrogen) atoms. The van der Waals surface area contributed by atoms with E-state index in [0.29, 0.717) is 10.8 Å². The molecule has 0 radical (unpaired) electrons. The molecular formula is C14H13N5O2S2. The topological polar surface area (TPSA) is 89.0 Å². The second-order valence-corrected chi connectivity index (χ2v) is 6.77. The van der Waals surface area contributed by atoms with Crippen molar-refractivity contribution < 1.29 is 9.53 Å². The number of rotatable bonds is 4. The largest absolute Gasteiger partial charge is 0.419 e. The van der Waals surface area contributed by atoms with Crippen LogP contribution < -0.4 is 15.4 Å². The van der Waals surface area contributed by atoms with Gasteiger partial charge >= 0.3 is 6.09 Å². The van der Waals surface area contributed by atoms with Crippen molar-refractivity contribution in [2.75, 3.05) is 10.6 Å². The van der Waals surface area contributed by atoms with Crippen LogP contribution in [0.1, 0.15) is 10.0 Å². The molecule has 0 aliphatic rings. The number of pyridine rings is 1. The van der Waals surface area contributed by atoms with Crippen LogP contribution in [-0.4, -0.2) is 21.0 Å². The Hall–Kier alpha value is -2.52. The summed E-state index contributed by atoms with van der Waals surface area (Å²) < 4.78 is 5.28. The second kappa shape index (κ2) is 6.71. The fourth-order valence-corrected chi connectivity index (χ4v) is 3.07. The number of thiazole rings is 2. The smallest absolute Gasteiger partial charge is 0.388 e. The summed E-state index contributed by atoms with van der Waals surface area (Å²) in [4.78, 5) is 24.4. The number of carbonyl (C=O) groups is 1. The highest BCUT2D eigenvalue weighted by Gasteiger charge is 2.16. The van der Waals surface area contributed by atoms with Crippen LogP contribution in [0.15, 0.2) is 29.9 Å². The minimum Gasteiger partial charge on any atom is -0.388 e. The number of hydrogen-bond donors (Lipinski definition) is 2. The summed E-state index contributed by atoms with van der Waals surface area (Å²) in [6.45, 7) is 3.70. The first-order chi connectivity index (χ1) is 11.1. The van der Waals surface area contributed by atoms with Crippen LogP contribution in [0.25, 0.3) is 0 Å². The van der Waals surface area contributed by atoms with Crippen LogP contribution >= 0.6 is 22.7 Å². The molecule has 9 heteroatoms. The molecule has 2 N–H and O–H groups in total. The van der Waals surface area contributed by atoms with E-state index in [-0.39, 0.29) is 5.88 Å². The third kappa shape index (κ3) is 4.02. The maximum absolute atomic E-state index is 12.0. The zero-order chi connectivity index (χ0) is 16.2. The van der Waals surface area contributed by atoms with Crippen LogP contribution in [0, 0.1) is 13.8 Å². The summed E-state index contributed by atoms with van der Waals surface area (Å²) in [5.41, 5.74) is 0.788. The Balaban J connectivity index is 1.71. The summed E-state index contributed by atoms with van der Waals surface area (Å²) in [6, 6.07) is 3.68. The maximum Gasteiger partial charge on any atom is 0.419 e. The number of carbonyl (C=O) groups excluding carboxylic acids is 1. The Labute approximate surface area is 140 Å². The Morgan fingerprint density at radius 1 is 1.26 bits per heavy atom. The van der Waals surface area contributed by atoms with Gasteiger partial charge < -0.3 is 10.1 Å². The highest BCUT2D eigenvalue weighted by Crippen LogP contribution is 2.33. The van der Waals surface area contributed by atoms with E-state index in [9.17, 15) is 4.79 Å². The minimum atomic E-state index is -0.630. The number of nitrogens with one attached hydrogen (secondary N) is 2. The van der Waals surface area contributed by atoms with E-state index in [2.05, 4.69) is 25.6 Å². The highest BCUT2D eigenvalue weighted by molar-refractivity contribution is 7.16. The molecular weight excluding hydrogens is 334 g/mol. The number of anilines is 3. The fourth-order valence-electron chi connectivity index (χ4n) is 1.76. The maximum atomic E-state index is 12.0. The van der Waals surface area contributed by atoms with Crippen LogP contribution in [0.3, 0.4) is 0 Å². The van der Waals surface area contributed by atoms with Gasteiger partial charge in [0.2, 0.25) is 0 Å². The summed E-state index contributed by atoms with van der Waals surface area (Å²) in [7, 11) is 0. The molecule has 0 saturated heterocycles. The van der Waals surface area contributed by atoms with Gasteiger partial charge in [-0.25, -0.2) is 14.8 Å². The molecule has 118 valence electrons. The van der Waals surface area contributed by atoms with Gasteiger partial charge in [-0.3, -0.25) is 10.3 Å². The Morgan fingerprint density at radius 3 is 2.83 bits per heavy atom. The second-order valence-electron chi connectivity index (χ2n) is 4.50. The van der Waals surface area contributed by atoms with E-state index < -0.39 is 6.09 Å². The predicted molar refractivity (Wildman–Crippen MR) is 90.9 cm³/mol. The lowest BCUT2D eigenvalue weighted by Gasteiger charge is -2.06. The normalized spacial score (nSPS) is 10.3. The van der Waals surface area contributed by atoms with Crippen LogP contribution in [-0.2, 0) is 0 Å². The molecule has 3 aromatic rings. The first kappa shape index (κ1) is 15.4. The van der Waals surface area contributed by atoms with Gasteiger partial charge in [-0.05, 0) is 26.0 Å². The Kier molecular flexibility index (Phi) is 4.49. The molecule has 3 rings (SSSR count). The van der Waals surface area contributed by atoms with Gasteiger partial charge in [0, 0.05) is 11.6 Å². The lowest BCUT2D eigenvalue weighted by atomic mass is 10.4. The number of hydrogen-bond acceptors (Lipinski definition) is 8. The number of amides is 1. The molecule has 3 aromatic heterocycles. The Morgan fingerprint density at radius 2 is 2.13 bits per heavy atom. The zero-order valence-electron chi connectivity index (χ0n) is 12.4. The molecule has 3 heterocycles. The third-order valence-electron chi connectivity index (χ3n) is 2.66. The first-order valence-electron chi connectivity index (χ1n) is 6.65. The molecule has 0 unspecified atom stereocenters. The third-order valence-corrected chi connectivity index (χ3v) is 4.30. The number of nitrogens with zero attached hydrogens (tertiary/aromatic N) is 3. The van der Waals surface area contributed by atoms with Crippen LogP contribution in [0.2, 0.25) is 0 Å². The summed E-state index contributed by atoms with van der Waals surface area (Å²) in [5.74, 6) is 0.687. The highest BCUT2D eigenvalue weighted by atomic mass is 32.1. The standard InChI is InChI=1S/C14H13N5O2S2/c1-8-16-11(7-22-8)19-14(20)21-12-13(23-9(2)17-12)18-10-4-3-5-15-6-10/h3-7,18H,1-2H3,(H,19,20). The average Bonchev–Trinajstić information content (AvgIpc) is 3.06. The van der Waals surface area contributed by atoms with Crippen molar-refractivity contribution in [1.29, 1.82) is 0 Å². The zero-order valence-corrected chi connectivity index (χ0v) is 14.0. The van der Waals surface area contributed by atoms with E-state index in [1.165, 1.54) is 22.7 Å². The van der Waals surface area contributed by atoms with Crippen molar-refractivity contribution in [3.8, 4) is 5.88 Å². The fraction of sp³-hybridized carbons (Fsp3) is 0.143. The minimum absolute atomic E-state index is 0.223. The molecule has 0 fully saturated rings. The van der Waals surface area contributed by atoms with Crippen molar-refractivity contribution in [2.45, 2.75) is 13.8 Å². The van der Waals surface area contributed by atoms with Gasteiger partial charge in [0.05, 0.1) is 21.9 Å². The van der Waals surface area contributed by atoms with Crippen molar-refractivity contribution in [3.63, 3.8) is 0 Å². The van der Waals surface area contributed by atoms with Gasteiger partial charge in [0.15, 0.2) is 5.00 Å². The molecule has 0 bridgehead atoms. The number of aromatic nitrogens is 3. The van der Waals surface area contributed by atoms with E-state index >= 15 is 0 Å². The number of aryl methyl sites for hydroxylation is 2. The molecule has 0 aliphatic carbocycles. The quantitative estimate of drug-likeness (QED) is 0.742. The summed E-state index contributed by atoms with van der Waals surface area (Å²) in [6.07, 6.45) is 2.73. The van der Waals surface area contributed by atoms with Gasteiger partial charge in [0.25, 0.3) is 5.88 Å². The SMILES string of the molecule is Cc1nc(NC(=O)Oc2nc(C)sc2Nc2cccnc2)cs1. The number of ether oxygens (including phenoxy) is 1. The molecule has 7 nitrogen and oxygen atoms in total. The molecule has 0 aromatic carbocycles. The van der Waals surface area contributed by atoms with E-state index in [1.54, 1.807) is 17.8 Å². The van der Waals surface area contributed by atoms with Crippen LogP contribution in [0.4, 0.5) is 21.3 Å². The monoisotopic (exact) mass is 347 g/mol. The molecule has 0 saturated carbocycles.